The molecule has 6 heterocycles. The van der Waals surface area contributed by atoms with E-state index in [0.717, 1.165) is 50.9 Å². The first-order valence-electron chi connectivity index (χ1n) is 30.4. The smallest absolute Gasteiger partial charge is 0.335 e. The van der Waals surface area contributed by atoms with E-state index in [-0.39, 0.29) is 43.0 Å². The van der Waals surface area contributed by atoms with Crippen molar-refractivity contribution in [2.24, 2.45) is 0 Å². The van der Waals surface area contributed by atoms with Crippen LogP contribution in [0.5, 0.6) is 0 Å². The van der Waals surface area contributed by atoms with E-state index in [1.54, 1.807) is 79.1 Å². The van der Waals surface area contributed by atoms with Crippen LogP contribution in [0.25, 0.3) is 55.7 Å². The molecule has 528 valence electrons. The maximum atomic E-state index is 12.9. The van der Waals surface area contributed by atoms with Crippen molar-refractivity contribution >= 4 is 149 Å². The van der Waals surface area contributed by atoms with Gasteiger partial charge in [0.25, 0.3) is 11.8 Å². The summed E-state index contributed by atoms with van der Waals surface area (Å²) in [5.74, 6) is -0.293. The predicted octanol–water partition coefficient (Wildman–Crippen LogP) is 9.65. The molecule has 8 N–H and O–H groups in total. The van der Waals surface area contributed by atoms with Gasteiger partial charge in [0.2, 0.25) is 23.0 Å². The number of nitrogens with two attached hydrogens (primary N) is 1. The summed E-state index contributed by atoms with van der Waals surface area (Å²) in [5, 5.41) is 17.4. The van der Waals surface area contributed by atoms with Crippen molar-refractivity contribution < 1.29 is 53.3 Å². The lowest BCUT2D eigenvalue weighted by Crippen LogP contribution is -3.05. The number of aromatic nitrogens is 8. The summed E-state index contributed by atoms with van der Waals surface area (Å²) in [6.07, 6.45) is 16.5. The minimum Gasteiger partial charge on any atom is -1.00 e. The third-order valence-electron chi connectivity index (χ3n) is 14.0. The van der Waals surface area contributed by atoms with Crippen molar-refractivity contribution in [1.82, 2.24) is 43.9 Å². The summed E-state index contributed by atoms with van der Waals surface area (Å²) in [7, 11) is 7.84. The number of nitrogens with zero attached hydrogens (tertiary/aromatic N) is 9. The Hall–Kier alpha value is -11.5. The first-order valence-corrected chi connectivity index (χ1v) is 32.8. The van der Waals surface area contributed by atoms with Gasteiger partial charge in [-0.15, -0.1) is 0 Å². The van der Waals surface area contributed by atoms with Crippen LogP contribution in [-0.2, 0) is 32.7 Å². The number of rotatable bonds is 19. The molecule has 0 atom stereocenters. The van der Waals surface area contributed by atoms with E-state index in [1.165, 1.54) is 29.4 Å². The molecule has 0 aliphatic heterocycles. The van der Waals surface area contributed by atoms with Crippen LogP contribution in [0.1, 0.15) is 28.4 Å². The Bertz CT molecular complexity index is 4970. The van der Waals surface area contributed by atoms with Crippen molar-refractivity contribution in [3.63, 3.8) is 0 Å². The molecule has 103 heavy (non-hydrogen) atoms. The number of quaternary nitrogens is 1. The Morgan fingerprint density at radius 3 is 1.38 bits per heavy atom. The molecule has 3 amide bonds. The Morgan fingerprint density at radius 2 is 0.961 bits per heavy atom. The molecule has 12 rings (SSSR count). The van der Waals surface area contributed by atoms with Gasteiger partial charge in [-0.25, -0.2) is 29.9 Å². The fraction of sp³-hybridized carbons (Fsp3) is 0.0959. The Morgan fingerprint density at radius 1 is 0.524 bits per heavy atom. The highest BCUT2D eigenvalue weighted by atomic mass is 35.5. The summed E-state index contributed by atoms with van der Waals surface area (Å²) in [6.45, 7) is 1.48. The van der Waals surface area contributed by atoms with Gasteiger partial charge in [-0.3, -0.25) is 19.2 Å². The van der Waals surface area contributed by atoms with E-state index in [0.29, 0.717) is 74.0 Å². The molecule has 6 aromatic heterocycles. The van der Waals surface area contributed by atoms with Gasteiger partial charge >= 0.3 is 23.1 Å². The zero-order chi connectivity index (χ0) is 72.2. The molecule has 0 saturated heterocycles. The minimum atomic E-state index is -0.750. The van der Waals surface area contributed by atoms with Crippen LogP contribution in [-0.4, -0.2) is 125 Å². The first-order chi connectivity index (χ1) is 48.8. The van der Waals surface area contributed by atoms with Gasteiger partial charge < -0.3 is 63.7 Å². The Balaban J connectivity index is 0.000000269. The number of halogens is 4. The Labute approximate surface area is 621 Å². The van der Waals surface area contributed by atoms with Crippen LogP contribution in [0.4, 0.5) is 46.0 Å². The summed E-state index contributed by atoms with van der Waals surface area (Å²) in [5.41, 5.74) is 16.7. The lowest BCUT2D eigenvalue weighted by Gasteiger charge is -2.10. The molecule has 0 aliphatic rings. The van der Waals surface area contributed by atoms with Gasteiger partial charge in [-0.1, -0.05) is 122 Å². The SMILES string of the molecule is C.CN(C)C/C=C/C(=O)Nc1ccc(C(=O)Nc2cccc(Nc3ncc(Cl)c(-c4cn(-c5ccccc5)c5ccccc45)n3)c2)nc1.C[NH+](C)C/C=C/C(=O)Cl.Nc1ccc(C(=O)Nc2cccc(Nc3ncc(Cl)c(-c4cn(-c5ccccc5)c5ccccc45)n3)c2)nc1.O=S=O.O=S=O.[Cl-]. The predicted molar refractivity (Wildman–Crippen MR) is 405 cm³/mol. The molecule has 0 unspecified atom stereocenters. The van der Waals surface area contributed by atoms with E-state index in [4.69, 9.17) is 67.3 Å². The molecular formula is C73H68Cl4N16O8S2. The number of fused-ring (bicyclic) bond motifs is 2. The molecule has 6 aromatic carbocycles. The van der Waals surface area contributed by atoms with Crippen molar-refractivity contribution in [1.29, 1.82) is 0 Å². The monoisotopic (exact) mass is 1500 g/mol. The number of benzene rings is 6. The highest BCUT2D eigenvalue weighted by Gasteiger charge is 2.20. The number of nitrogens with one attached hydrogen (secondary N) is 6. The second kappa shape index (κ2) is 40.7. The highest BCUT2D eigenvalue weighted by molar-refractivity contribution is 7.52. The van der Waals surface area contributed by atoms with Crippen molar-refractivity contribution in [2.75, 3.05) is 73.6 Å². The number of carbonyl (C=O) groups is 4. The van der Waals surface area contributed by atoms with Crippen LogP contribution in [0.3, 0.4) is 0 Å². The van der Waals surface area contributed by atoms with E-state index in [2.05, 4.69) is 98.1 Å². The number of anilines is 8. The number of carbonyl (C=O) groups excluding carboxylic acids is 4. The Kier molecular flexibility index (Phi) is 31.8. The number of hydrogen-bond donors (Lipinski definition) is 7. The molecule has 0 spiro atoms. The van der Waals surface area contributed by atoms with Crippen LogP contribution >= 0.6 is 34.8 Å². The first kappa shape index (κ1) is 80.5. The fourth-order valence-electron chi connectivity index (χ4n) is 9.65. The average molecular weight is 1500 g/mol. The number of likely N-dealkylation sites (N-methyl/N-ethyl adjacent to an activating group) is 2. The summed E-state index contributed by atoms with van der Waals surface area (Å²) < 4.78 is 37.4. The average Bonchev–Trinajstić information content (AvgIpc) is 1.63. The minimum absolute atomic E-state index is 0. The lowest BCUT2D eigenvalue weighted by molar-refractivity contribution is -0.851. The van der Waals surface area contributed by atoms with Gasteiger partial charge in [0.05, 0.1) is 89.3 Å². The van der Waals surface area contributed by atoms with Crippen LogP contribution < -0.4 is 49.6 Å². The second-order valence-corrected chi connectivity index (χ2v) is 23.4. The number of nitrogen functional groups attached to an aromatic ring is 1. The standard InChI is InChI=1S/C36H31ClN8O2.C30H22ClN7O.C6H10ClNO.CH4.ClH.2O2S/c1-44(2)19-9-16-33(46)40-26-17-18-31(38-21-26)35(47)41-24-10-8-11-25(20-24)42-36-39-22-30(37)34(43-36)29-23-45(27-12-4-3-5-13-27)32-15-7-6-14-28(29)32;31-25-17-34-30(36-21-8-6-7-20(15-21)35-29(39)26-14-13-19(32)16-33-26)37-28(25)24-18-38(22-9-2-1-3-10-22)27-12-5-4-11-23(24)27;1-8(2)5-3-4-6(7)9;;;2*1-3-2/h3-18,20-23H,19H2,1-2H3,(H,40,46)(H,41,47)(H,39,42,43);1-18H,32H2,(H,35,39)(H,34,36,37);3-4H,5H2,1-2H3;1H4;1H;;/b16-9+;;4-3+;;;;. The third kappa shape index (κ3) is 23.8. The number of amides is 3. The zero-order valence-electron chi connectivity index (χ0n) is 54.7. The molecule has 0 radical (unpaired) electrons. The van der Waals surface area contributed by atoms with Crippen LogP contribution in [0.15, 0.2) is 243 Å². The molecule has 24 nitrogen and oxygen atoms in total. The molecule has 0 bridgehead atoms. The molecule has 12 aromatic rings. The zero-order valence-corrected chi connectivity index (χ0v) is 59.4. The summed E-state index contributed by atoms with van der Waals surface area (Å²) in [6, 6.07) is 57.2. The lowest BCUT2D eigenvalue weighted by atomic mass is 10.1. The second-order valence-electron chi connectivity index (χ2n) is 21.9. The fourth-order valence-corrected chi connectivity index (χ4v) is 10.1. The summed E-state index contributed by atoms with van der Waals surface area (Å²) in [4.78, 5) is 77.5. The normalized spacial score (nSPS) is 10.5. The molecule has 0 saturated carbocycles. The number of allylic oxidation sites excluding steroid dienone is 1. The maximum Gasteiger partial charge on any atom is 0.335 e. The topological polar surface area (TPSA) is 318 Å². The van der Waals surface area contributed by atoms with Crippen molar-refractivity contribution in [3.8, 4) is 33.9 Å². The largest absolute Gasteiger partial charge is 1.00 e. The van der Waals surface area contributed by atoms with Gasteiger partial charge in [0.15, 0.2) is 0 Å². The summed E-state index contributed by atoms with van der Waals surface area (Å²) >= 11 is 16.8. The quantitative estimate of drug-likeness (QED) is 0.0292. The van der Waals surface area contributed by atoms with Gasteiger partial charge in [0.1, 0.15) is 11.4 Å². The molecular weight excluding hydrogens is 1430 g/mol. The van der Waals surface area contributed by atoms with Crippen molar-refractivity contribution in [3.05, 3.63) is 265 Å². The van der Waals surface area contributed by atoms with E-state index in [1.807, 2.05) is 130 Å². The molecule has 0 aliphatic carbocycles. The van der Waals surface area contributed by atoms with E-state index in [9.17, 15) is 19.2 Å². The van der Waals surface area contributed by atoms with Gasteiger partial charge in [0, 0.05) is 81.0 Å². The highest BCUT2D eigenvalue weighted by Crippen LogP contribution is 2.38. The van der Waals surface area contributed by atoms with Crippen molar-refractivity contribution in [2.45, 2.75) is 7.43 Å². The maximum absolute atomic E-state index is 12.9. The van der Waals surface area contributed by atoms with Crippen LogP contribution in [0, 0.1) is 0 Å². The van der Waals surface area contributed by atoms with Crippen LogP contribution in [0.2, 0.25) is 10.0 Å². The number of para-hydroxylation sites is 4. The van der Waals surface area contributed by atoms with E-state index >= 15 is 0 Å². The molecule has 0 fully saturated rings. The third-order valence-corrected chi connectivity index (χ3v) is 14.7. The number of pyridine rings is 2. The van der Waals surface area contributed by atoms with E-state index < -0.39 is 34.3 Å². The van der Waals surface area contributed by atoms with Gasteiger partial charge in [-0.05, 0) is 135 Å². The molecule has 30 heteroatoms. The van der Waals surface area contributed by atoms with Gasteiger partial charge in [-0.2, -0.15) is 16.8 Å². The number of hydrogen-bond acceptors (Lipinski definition) is 18.